The number of aromatic nitrogens is 2. The second-order valence-electron chi connectivity index (χ2n) is 15.7. The maximum absolute atomic E-state index is 13.9. The SMILES string of the molecule is CSc1c2sc(C3=C(C(=O)OCc4ccc([N+](=O)[O-])cc4)N4C(=O)[C@H]([C@@H](C)O)[C@H]4[C@H]3C)cn2c[n+]1CCN(CC(N)C(=O)OCc1ccc([N+](=O)[O-])cc1)C(=O)OCc1ccc([N+](=O)[O-])cc1. The molecule has 22 nitrogen and oxygen atoms in total. The molecule has 1 unspecified atom stereocenters. The first-order chi connectivity index (χ1) is 32.0. The van der Waals surface area contributed by atoms with E-state index in [0.717, 1.165) is 9.86 Å². The molecule has 0 spiro atoms. The molecule has 2 aromatic heterocycles. The molecule has 2 amide bonds. The molecule has 0 bridgehead atoms. The molecule has 0 aliphatic carbocycles. The summed E-state index contributed by atoms with van der Waals surface area (Å²) >= 11 is 2.76. The lowest BCUT2D eigenvalue weighted by Crippen LogP contribution is -2.63. The van der Waals surface area contributed by atoms with Crippen molar-refractivity contribution in [1.82, 2.24) is 14.2 Å². The number of β-lactam (4-membered cyclic amide) rings is 1. The summed E-state index contributed by atoms with van der Waals surface area (Å²) in [6, 6.07) is 14.5. The van der Waals surface area contributed by atoms with Gasteiger partial charge in [-0.25, -0.2) is 14.2 Å². The molecule has 350 valence electrons. The van der Waals surface area contributed by atoms with Gasteiger partial charge in [-0.05, 0) is 66.3 Å². The Kier molecular flexibility index (Phi) is 14.3. The lowest BCUT2D eigenvalue weighted by molar-refractivity contribution is -0.729. The number of fused-ring (bicyclic) bond motifs is 2. The summed E-state index contributed by atoms with van der Waals surface area (Å²) in [5, 5.41) is 44.6. The molecule has 1 fully saturated rings. The van der Waals surface area contributed by atoms with E-state index in [1.54, 1.807) is 6.33 Å². The number of hydrogen-bond donors (Lipinski definition) is 2. The number of carbonyl (C=O) groups is 4. The van der Waals surface area contributed by atoms with E-state index in [2.05, 4.69) is 0 Å². The lowest BCUT2D eigenvalue weighted by atomic mass is 9.77. The van der Waals surface area contributed by atoms with Gasteiger partial charge in [-0.3, -0.25) is 39.9 Å². The fourth-order valence-corrected chi connectivity index (χ4v) is 10.2. The molecule has 2 aliphatic rings. The van der Waals surface area contributed by atoms with E-state index in [1.165, 1.54) is 113 Å². The fourth-order valence-electron chi connectivity index (χ4n) is 7.96. The number of esters is 2. The summed E-state index contributed by atoms with van der Waals surface area (Å²) in [5.74, 6) is -3.16. The van der Waals surface area contributed by atoms with Crippen molar-refractivity contribution in [3.63, 3.8) is 0 Å². The highest BCUT2D eigenvalue weighted by atomic mass is 32.2. The van der Waals surface area contributed by atoms with Gasteiger partial charge in [0.2, 0.25) is 15.8 Å². The minimum absolute atomic E-state index is 0.0161. The number of benzene rings is 3. The number of aliphatic hydroxyl groups is 1. The predicted molar refractivity (Wildman–Crippen MR) is 238 cm³/mol. The van der Waals surface area contributed by atoms with Crippen LogP contribution >= 0.6 is 23.1 Å². The van der Waals surface area contributed by atoms with Crippen LogP contribution < -0.4 is 10.3 Å². The summed E-state index contributed by atoms with van der Waals surface area (Å²) in [4.78, 5) is 89.7. The van der Waals surface area contributed by atoms with E-state index in [-0.39, 0.29) is 68.1 Å². The van der Waals surface area contributed by atoms with E-state index in [4.69, 9.17) is 19.9 Å². The minimum atomic E-state index is -1.34. The van der Waals surface area contributed by atoms with Gasteiger partial charge in [-0.15, -0.1) is 0 Å². The number of thioether (sulfide) groups is 1. The Balaban J connectivity index is 1.11. The molecule has 24 heteroatoms. The fraction of sp³-hybridized carbons (Fsp3) is 0.326. The zero-order chi connectivity index (χ0) is 48.3. The Morgan fingerprint density at radius 2 is 1.37 bits per heavy atom. The van der Waals surface area contributed by atoms with Crippen molar-refractivity contribution in [3.05, 3.63) is 143 Å². The van der Waals surface area contributed by atoms with E-state index < -0.39 is 62.8 Å². The first-order valence-electron chi connectivity index (χ1n) is 20.5. The number of carbonyl (C=O) groups excluding carboxylic acids is 4. The number of nitrogens with zero attached hydrogens (tertiary/aromatic N) is 7. The van der Waals surface area contributed by atoms with Crippen LogP contribution in [0.1, 0.15) is 35.4 Å². The predicted octanol–water partition coefficient (Wildman–Crippen LogP) is 4.76. The van der Waals surface area contributed by atoms with Crippen molar-refractivity contribution in [2.45, 2.75) is 63.4 Å². The van der Waals surface area contributed by atoms with Crippen LogP contribution in [0.2, 0.25) is 0 Å². The van der Waals surface area contributed by atoms with Gasteiger partial charge in [0.1, 0.15) is 44.3 Å². The topological polar surface area (TPSA) is 286 Å². The number of nitrogens with two attached hydrogens (primary N) is 1. The summed E-state index contributed by atoms with van der Waals surface area (Å²) in [6.07, 6.45) is 3.64. The lowest BCUT2D eigenvalue weighted by Gasteiger charge is -2.46. The van der Waals surface area contributed by atoms with Gasteiger partial charge in [0.05, 0.1) is 50.8 Å². The standard InChI is InChI=1S/C43H43N8O14S2/c1-24-34(37(48-36(24)35(25(2)52)38(48)53)42(55)64-21-27-6-12-30(13-7-27)50(59)60)33-19-47-23-46(39(66-3)40(47)67-33)17-16-45(43(56)65-22-28-8-14-31(15-9-28)51(61)62)18-32(44)41(54)63-20-26-4-10-29(11-5-26)49(57)58/h4-15,19,23-25,32,35-36,52H,16-18,20-22,44H2,1-3H3/q+1/t24-,25+,32?,35+,36+/m0/s1. The number of nitro groups is 3. The highest BCUT2D eigenvalue weighted by Gasteiger charge is 2.60. The van der Waals surface area contributed by atoms with Crippen molar-refractivity contribution < 1.29 is 57.8 Å². The molecular formula is C43H43N8O14S2+. The highest BCUT2D eigenvalue weighted by molar-refractivity contribution is 7.98. The maximum Gasteiger partial charge on any atom is 0.410 e. The second-order valence-corrected chi connectivity index (χ2v) is 17.5. The Morgan fingerprint density at radius 1 is 0.866 bits per heavy atom. The van der Waals surface area contributed by atoms with Crippen LogP contribution in [0.3, 0.4) is 0 Å². The zero-order valence-corrected chi connectivity index (χ0v) is 37.6. The quantitative estimate of drug-likeness (QED) is 0.0215. The normalized spacial score (nSPS) is 17.4. The third-order valence-corrected chi connectivity index (χ3v) is 13.5. The monoisotopic (exact) mass is 959 g/mol. The van der Waals surface area contributed by atoms with Crippen LogP contribution in [0.5, 0.6) is 0 Å². The molecule has 3 aromatic carbocycles. The van der Waals surface area contributed by atoms with E-state index in [0.29, 0.717) is 27.1 Å². The molecular weight excluding hydrogens is 917 g/mol. The van der Waals surface area contributed by atoms with Crippen molar-refractivity contribution in [2.75, 3.05) is 19.3 Å². The smallest absolute Gasteiger partial charge is 0.410 e. The van der Waals surface area contributed by atoms with Crippen molar-refractivity contribution >= 4 is 74.5 Å². The first-order valence-corrected chi connectivity index (χ1v) is 22.6. The molecule has 0 saturated carbocycles. The molecule has 5 aromatic rings. The van der Waals surface area contributed by atoms with Gasteiger partial charge in [0.25, 0.3) is 23.4 Å². The third-order valence-electron chi connectivity index (χ3n) is 11.4. The van der Waals surface area contributed by atoms with Crippen LogP contribution in [0.25, 0.3) is 10.4 Å². The summed E-state index contributed by atoms with van der Waals surface area (Å²) in [6.45, 7) is 2.54. The van der Waals surface area contributed by atoms with Crippen LogP contribution in [0.15, 0.2) is 96.0 Å². The van der Waals surface area contributed by atoms with E-state index in [9.17, 15) is 54.6 Å². The van der Waals surface area contributed by atoms with Gasteiger partial charge < -0.3 is 34.9 Å². The number of hydrogen-bond acceptors (Lipinski definition) is 17. The van der Waals surface area contributed by atoms with Gasteiger partial charge in [0, 0.05) is 47.9 Å². The molecule has 7 rings (SSSR count). The van der Waals surface area contributed by atoms with Crippen LogP contribution in [0, 0.1) is 42.2 Å². The van der Waals surface area contributed by atoms with Gasteiger partial charge in [-0.2, -0.15) is 4.40 Å². The van der Waals surface area contributed by atoms with Crippen molar-refractivity contribution in [1.29, 1.82) is 0 Å². The van der Waals surface area contributed by atoms with E-state index >= 15 is 0 Å². The summed E-state index contributed by atoms with van der Waals surface area (Å²) in [5.41, 5.74) is 7.90. The molecule has 1 saturated heterocycles. The Bertz CT molecular complexity index is 2780. The van der Waals surface area contributed by atoms with Gasteiger partial charge >= 0.3 is 18.0 Å². The Labute approximate surface area is 388 Å². The third kappa shape index (κ3) is 10.1. The molecule has 67 heavy (non-hydrogen) atoms. The number of rotatable bonds is 19. The summed E-state index contributed by atoms with van der Waals surface area (Å²) < 4.78 is 20.3. The first kappa shape index (κ1) is 47.7. The molecule has 2 aliphatic heterocycles. The molecule has 4 heterocycles. The van der Waals surface area contributed by atoms with E-state index in [1.807, 2.05) is 28.3 Å². The van der Waals surface area contributed by atoms with Gasteiger partial charge in [0.15, 0.2) is 0 Å². The second kappa shape index (κ2) is 20.1. The number of imidazole rings is 1. The largest absolute Gasteiger partial charge is 0.460 e. The molecule has 5 atom stereocenters. The number of thiazole rings is 1. The van der Waals surface area contributed by atoms with Crippen LogP contribution in [-0.2, 0) is 55.0 Å². The zero-order valence-electron chi connectivity index (χ0n) is 36.0. The average molecular weight is 960 g/mol. The highest BCUT2D eigenvalue weighted by Crippen LogP contribution is 2.52. The molecule has 3 N–H and O–H groups in total. The maximum atomic E-state index is 13.9. The number of ether oxygens (including phenoxy) is 3. The van der Waals surface area contributed by atoms with Crippen LogP contribution in [0.4, 0.5) is 21.9 Å². The number of amides is 2. The van der Waals surface area contributed by atoms with Crippen LogP contribution in [-0.4, -0.2) is 95.5 Å². The number of non-ortho nitro benzene ring substituents is 3. The Hall–Kier alpha value is -7.28. The summed E-state index contributed by atoms with van der Waals surface area (Å²) in [7, 11) is 0. The minimum Gasteiger partial charge on any atom is -0.460 e. The Morgan fingerprint density at radius 3 is 1.87 bits per heavy atom. The van der Waals surface area contributed by atoms with Crippen molar-refractivity contribution in [2.24, 2.45) is 17.6 Å². The number of nitro benzene ring substituents is 3. The average Bonchev–Trinajstić information content (AvgIpc) is 3.94. The van der Waals surface area contributed by atoms with Crippen molar-refractivity contribution in [3.8, 4) is 0 Å². The molecule has 0 radical (unpaired) electrons. The van der Waals surface area contributed by atoms with Gasteiger partial charge in [-0.1, -0.05) is 30.0 Å². The number of aliphatic hydroxyl groups excluding tert-OH is 1.